The molecule has 8 heterocycles. The number of hydrogen-bond donors (Lipinski definition) is 4. The van der Waals surface area contributed by atoms with Gasteiger partial charge in [-0.05, 0) is 192 Å². The second-order valence-corrected chi connectivity index (χ2v) is 35.8. The lowest BCUT2D eigenvalue weighted by Gasteiger charge is -2.47. The highest BCUT2D eigenvalue weighted by Crippen LogP contribution is 2.50. The summed E-state index contributed by atoms with van der Waals surface area (Å²) in [5, 5.41) is 0. The molecular formula is C100H168N8O16. The molecule has 12 unspecified atom stereocenters. The molecule has 8 aliphatic rings. The molecular weight excluding hydrogens is 1570 g/mol. The topological polar surface area (TPSA) is 296 Å². The lowest BCUT2D eigenvalue weighted by Crippen LogP contribution is -2.51. The van der Waals surface area contributed by atoms with Crippen molar-refractivity contribution in [3.8, 4) is 46.0 Å². The summed E-state index contributed by atoms with van der Waals surface area (Å²) < 4.78 is 227. The van der Waals surface area contributed by atoms with Crippen molar-refractivity contribution in [1.82, 2.24) is 19.6 Å². The Kier molecular flexibility index (Phi) is 32.0. The van der Waals surface area contributed by atoms with E-state index in [2.05, 4.69) is 27.7 Å². The minimum atomic E-state index is -2.50. The fourth-order valence-corrected chi connectivity index (χ4v) is 16.8. The number of rotatable bonds is 28. The number of nitrogens with zero attached hydrogens (tertiary/aromatic N) is 4. The maximum Gasteiger partial charge on any atom is 0.323 e. The number of hydrogen-bond acceptors (Lipinski definition) is 24. The molecule has 24 heteroatoms. The van der Waals surface area contributed by atoms with E-state index < -0.39 is 141 Å². The molecule has 4 fully saturated rings. The van der Waals surface area contributed by atoms with Gasteiger partial charge in [0.2, 0.25) is 0 Å². The molecule has 8 N–H and O–H groups in total. The van der Waals surface area contributed by atoms with Gasteiger partial charge in [0.05, 0.1) is 65.1 Å². The molecule has 0 saturated carbocycles. The fourth-order valence-electron chi connectivity index (χ4n) is 16.8. The van der Waals surface area contributed by atoms with E-state index >= 15 is 0 Å². The van der Waals surface area contributed by atoms with E-state index in [1.54, 1.807) is 23.1 Å². The number of ether oxygens (including phenoxy) is 12. The molecule has 0 amide bonds. The fraction of sp³-hybridized carbons (Fsp3) is 0.720. The van der Waals surface area contributed by atoms with Gasteiger partial charge in [0.1, 0.15) is 48.5 Å². The molecule has 24 nitrogen and oxygen atoms in total. The van der Waals surface area contributed by atoms with Gasteiger partial charge in [-0.2, -0.15) is 0 Å². The smallest absolute Gasteiger partial charge is 0.323 e. The molecule has 0 spiro atoms. The van der Waals surface area contributed by atoms with Gasteiger partial charge in [-0.3, -0.25) is 38.8 Å². The summed E-state index contributed by atoms with van der Waals surface area (Å²) in [6.45, 7) is 25.0. The Hall–Kier alpha value is -7.16. The van der Waals surface area contributed by atoms with Gasteiger partial charge >= 0.3 is 23.9 Å². The molecule has 4 saturated heterocycles. The summed E-state index contributed by atoms with van der Waals surface area (Å²) in [5.41, 5.74) is 26.8. The van der Waals surface area contributed by atoms with Crippen LogP contribution in [0.15, 0.2) is 48.5 Å². The summed E-state index contributed by atoms with van der Waals surface area (Å²) >= 11 is 0. The largest absolute Gasteiger partial charge is 0.493 e. The van der Waals surface area contributed by atoms with Crippen LogP contribution >= 0.6 is 0 Å². The number of aryl methyl sites for hydroxylation is 3. The first-order valence-corrected chi connectivity index (χ1v) is 42.8. The van der Waals surface area contributed by atoms with Crippen molar-refractivity contribution in [2.75, 3.05) is 109 Å². The number of esters is 4. The van der Waals surface area contributed by atoms with Crippen molar-refractivity contribution in [2.24, 2.45) is 93.9 Å². The van der Waals surface area contributed by atoms with E-state index in [0.29, 0.717) is 102 Å². The Bertz CT molecular complexity index is 4970. The zero-order chi connectivity index (χ0) is 104. The van der Waals surface area contributed by atoms with Gasteiger partial charge in [0, 0.05) is 142 Å². The number of fused-ring (bicyclic) bond motifs is 12. The monoisotopic (exact) mass is 1760 g/mol. The van der Waals surface area contributed by atoms with Crippen LogP contribution in [0.3, 0.4) is 0 Å². The Morgan fingerprint density at radius 3 is 1.05 bits per heavy atom. The van der Waals surface area contributed by atoms with Crippen molar-refractivity contribution < 1.29 is 101 Å². The minimum Gasteiger partial charge on any atom is -0.493 e. The van der Waals surface area contributed by atoms with E-state index in [9.17, 15) is 24.7 Å². The molecule has 0 bridgehead atoms. The first-order valence-electron chi connectivity index (χ1n) is 51.8. The second kappa shape index (κ2) is 48.9. The zero-order valence-electron chi connectivity index (χ0n) is 93.5. The Morgan fingerprint density at radius 1 is 0.363 bits per heavy atom. The number of nitrogens with two attached hydrogens (primary N) is 4. The summed E-state index contributed by atoms with van der Waals surface area (Å²) in [4.78, 5) is 57.6. The highest BCUT2D eigenvalue weighted by atomic mass is 16.6. The van der Waals surface area contributed by atoms with Crippen LogP contribution in [0.4, 0.5) is 0 Å². The molecule has 0 radical (unpaired) electrons. The van der Waals surface area contributed by atoms with Crippen LogP contribution in [0.1, 0.15) is 285 Å². The Morgan fingerprint density at radius 2 is 0.661 bits per heavy atom. The average Bonchev–Trinajstić information content (AvgIpc) is 0.692. The van der Waals surface area contributed by atoms with Crippen LogP contribution in [0.25, 0.3) is 0 Å². The van der Waals surface area contributed by atoms with Crippen LogP contribution in [-0.2, 0) is 63.7 Å². The van der Waals surface area contributed by atoms with Gasteiger partial charge < -0.3 is 79.8 Å². The maximum atomic E-state index is 12.9. The number of carbonyl (C=O) groups is 4. The molecule has 704 valence electrons. The maximum absolute atomic E-state index is 12.9. The first kappa shape index (κ1) is 81.3. The number of methoxy groups -OCH3 is 8. The zero-order valence-corrected chi connectivity index (χ0v) is 75.5. The highest BCUT2D eigenvalue weighted by molar-refractivity contribution is 5.77. The van der Waals surface area contributed by atoms with E-state index in [4.69, 9.17) is 99.0 Å². The third kappa shape index (κ3) is 26.5. The Labute approximate surface area is 773 Å². The van der Waals surface area contributed by atoms with Gasteiger partial charge in [0.15, 0.2) is 46.0 Å². The van der Waals surface area contributed by atoms with E-state index in [-0.39, 0.29) is 179 Å². The quantitative estimate of drug-likeness (QED) is 0.0303. The molecule has 12 rings (SSSR count). The van der Waals surface area contributed by atoms with Crippen LogP contribution in [0, 0.1) is 71.0 Å². The lowest BCUT2D eigenvalue weighted by molar-refractivity contribution is -0.161. The molecule has 8 aliphatic heterocycles. The average molecular weight is 1760 g/mol. The second-order valence-electron chi connectivity index (χ2n) is 35.8. The highest BCUT2D eigenvalue weighted by Gasteiger charge is 2.48. The standard InChI is InChI=1S/4C24H38N2O4.4CH4/c4*1-14(2)9-17-13-26-8-7-16-10-21(28-5)22(29-6)11-18(16)19(26)12-20(17)30-24(27)23(25)15(3)4;;;;/h4*10-11,14-15,17,19-20,23H,7-9,12-13,25H2,1-6H3;4*1H4/t4*17?,19?,20?,23-;;;;/m0000..../s1/i10D,11D,19D,20D;7D2,8D2,20D;7D2,8D2,19D;7D2,8D2;;;;. The van der Waals surface area contributed by atoms with E-state index in [0.717, 1.165) is 6.42 Å². The number of benzene rings is 4. The molecule has 4 aromatic rings. The van der Waals surface area contributed by atoms with Crippen molar-refractivity contribution in [3.05, 3.63) is 93.0 Å². The number of piperidine rings is 4. The van der Waals surface area contributed by atoms with Crippen molar-refractivity contribution >= 4 is 23.9 Å². The lowest BCUT2D eigenvalue weighted by atomic mass is 9.79. The summed E-state index contributed by atoms with van der Waals surface area (Å²) in [5.74, 6) is -0.858. The molecule has 0 aromatic heterocycles. The molecule has 0 aliphatic carbocycles. The predicted molar refractivity (Wildman–Crippen MR) is 498 cm³/mol. The van der Waals surface area contributed by atoms with E-state index in [1.165, 1.54) is 84.9 Å². The summed E-state index contributed by atoms with van der Waals surface area (Å²) in [7, 11) is 11.6. The van der Waals surface area contributed by atoms with Gasteiger partial charge in [-0.25, -0.2) is 0 Å². The third-order valence-electron chi connectivity index (χ3n) is 23.7. The van der Waals surface area contributed by atoms with Crippen molar-refractivity contribution in [2.45, 2.75) is 290 Å². The SMILES string of the molecule is C.C.C.C.[2H]C1(OC(=O)[C@@H](N)C(C)C)CC2c3cc(OC)c(OC)cc3C([2H])([2H])C([2H])([2H])N2CC1CC(C)C.[2H]C1([2H])c2cc(OC)c(OC)cc2C2CC(OC(=O)[C@@H](N)C(C)C)C(CC(C)C)CN2C1([2H])[2H].[2H]C12CC(OC(=O)[C@@H](N)C(C)C)C(CC(C)C)CN1C([2H])([2H])C([2H])([2H])c1cc(OC)c(OC)cc12.[2H]c1c2c(c([2H])c(OC)c1OC)C1([2H])CC([2H])(OC(=O)[C@@H](N)C(C)C)C(CC(C)C)CN1CC2. The Balaban J connectivity index is 0.000000331. The van der Waals surface area contributed by atoms with Crippen molar-refractivity contribution in [3.63, 3.8) is 0 Å². The molecule has 16 atom stereocenters. The van der Waals surface area contributed by atoms with Gasteiger partial charge in [-0.1, -0.05) is 140 Å². The summed E-state index contributed by atoms with van der Waals surface area (Å²) in [6.07, 6.45) is -8.44. The van der Waals surface area contributed by atoms with Gasteiger partial charge in [0.25, 0.3) is 0 Å². The van der Waals surface area contributed by atoms with Crippen molar-refractivity contribution in [1.29, 1.82) is 0 Å². The van der Waals surface area contributed by atoms with Crippen LogP contribution in [0.2, 0.25) is 0 Å². The first-order chi connectivity index (χ1) is 63.8. The summed E-state index contributed by atoms with van der Waals surface area (Å²) in [6, 6.07) is 1.65. The third-order valence-corrected chi connectivity index (χ3v) is 23.7. The number of carbonyl (C=O) groups excluding carboxylic acids is 4. The molecule has 124 heavy (non-hydrogen) atoms. The van der Waals surface area contributed by atoms with Crippen LogP contribution in [-0.4, -0.2) is 201 Å². The van der Waals surface area contributed by atoms with Gasteiger partial charge in [-0.15, -0.1) is 0 Å². The normalized spacial score (nSPS) is 31.0. The minimum absolute atomic E-state index is 0. The van der Waals surface area contributed by atoms with E-state index in [1.807, 2.05) is 88.0 Å². The predicted octanol–water partition coefficient (Wildman–Crippen LogP) is 16.8. The molecule has 4 aromatic carbocycles. The van der Waals surface area contributed by atoms with Crippen LogP contribution in [0.5, 0.6) is 46.0 Å². The van der Waals surface area contributed by atoms with Crippen LogP contribution < -0.4 is 60.8 Å².